The lowest BCUT2D eigenvalue weighted by Crippen LogP contribution is -2.54. The third-order valence-corrected chi connectivity index (χ3v) is 7.61. The molecule has 0 bridgehead atoms. The molecule has 3 N–H and O–H groups in total. The molecule has 2 aliphatic rings. The number of aromatic nitrogens is 4. The molecule has 1 amide bonds. The van der Waals surface area contributed by atoms with Crippen LogP contribution >= 0.6 is 0 Å². The normalized spacial score (nSPS) is 17.1. The van der Waals surface area contributed by atoms with Crippen molar-refractivity contribution in [2.75, 3.05) is 12.3 Å². The number of hydrogen-bond donors (Lipinski definition) is 2. The number of nitrogens with one attached hydrogen (secondary N) is 1. The predicted molar refractivity (Wildman–Crippen MR) is 158 cm³/mol. The SMILES string of the molecule is CC(C)(/C=C(/C#N)C(=O)N1CC[C@H]1Cn1c(=O)n(-c2ccc(Oc3ccccc3)cc2)c2c(N)ncnc21)NC1CC1. The zero-order valence-electron chi connectivity index (χ0n) is 23.5. The minimum absolute atomic E-state index is 0.0944. The third kappa shape index (κ3) is 5.36. The van der Waals surface area contributed by atoms with Crippen molar-refractivity contribution in [3.8, 4) is 23.3 Å². The number of carbonyl (C=O) groups excluding carboxylic acids is 1. The maximum absolute atomic E-state index is 13.9. The smallest absolute Gasteiger partial charge is 0.335 e. The number of carbonyl (C=O) groups is 1. The van der Waals surface area contributed by atoms with Gasteiger partial charge in [0, 0.05) is 24.7 Å². The van der Waals surface area contributed by atoms with E-state index in [-0.39, 0.29) is 35.6 Å². The Hall–Kier alpha value is -4.95. The van der Waals surface area contributed by atoms with Crippen LogP contribution in [0.2, 0.25) is 0 Å². The maximum Gasteiger partial charge on any atom is 0.335 e. The van der Waals surface area contributed by atoms with Crippen LogP contribution in [0.3, 0.4) is 0 Å². The Bertz CT molecular complexity index is 1760. The first-order valence-corrected chi connectivity index (χ1v) is 14.0. The van der Waals surface area contributed by atoms with Crippen molar-refractivity contribution in [1.82, 2.24) is 29.3 Å². The Labute approximate surface area is 242 Å². The third-order valence-electron chi connectivity index (χ3n) is 7.61. The average Bonchev–Trinajstić information content (AvgIpc) is 3.72. The van der Waals surface area contributed by atoms with E-state index < -0.39 is 5.54 Å². The van der Waals surface area contributed by atoms with Gasteiger partial charge < -0.3 is 20.7 Å². The summed E-state index contributed by atoms with van der Waals surface area (Å²) in [4.78, 5) is 37.4. The van der Waals surface area contributed by atoms with Gasteiger partial charge in [-0.05, 0) is 75.6 Å². The number of amides is 1. The van der Waals surface area contributed by atoms with E-state index in [1.165, 1.54) is 15.5 Å². The Morgan fingerprint density at radius 2 is 1.83 bits per heavy atom. The van der Waals surface area contributed by atoms with Crippen LogP contribution in [0.4, 0.5) is 5.82 Å². The molecule has 11 nitrogen and oxygen atoms in total. The molecule has 1 atom stereocenters. The summed E-state index contributed by atoms with van der Waals surface area (Å²) in [5, 5.41) is 13.3. The Morgan fingerprint density at radius 1 is 1.12 bits per heavy atom. The standard InChI is InChI=1S/C31H32N8O3/c1-31(2,36-21-8-9-21)16-20(17-32)29(40)37-15-14-23(37)18-38-28-26(27(33)34-19-35-28)39(30(38)41)22-10-12-25(13-11-22)42-24-6-4-3-5-7-24/h3-7,10-13,16,19,21,23,36H,8-9,14-15,18H2,1-2H3,(H2,33,34,35)/b20-16-/t23-/m0/s1. The molecule has 4 aromatic rings. The number of rotatable bonds is 9. The number of nitriles is 1. The number of likely N-dealkylation sites (tertiary alicyclic amines) is 1. The molecule has 0 unspecified atom stereocenters. The van der Waals surface area contributed by atoms with Gasteiger partial charge in [0.05, 0.1) is 11.7 Å². The number of nitrogens with two attached hydrogens (primary N) is 1. The fraction of sp³-hybridized carbons (Fsp3) is 0.323. The van der Waals surface area contributed by atoms with Gasteiger partial charge in [0.2, 0.25) is 0 Å². The van der Waals surface area contributed by atoms with E-state index in [1.54, 1.807) is 35.2 Å². The highest BCUT2D eigenvalue weighted by molar-refractivity contribution is 5.98. The number of anilines is 1. The second-order valence-electron chi connectivity index (χ2n) is 11.3. The lowest BCUT2D eigenvalue weighted by Gasteiger charge is -2.41. The summed E-state index contributed by atoms with van der Waals surface area (Å²) < 4.78 is 8.90. The number of benzene rings is 2. The van der Waals surface area contributed by atoms with Crippen molar-refractivity contribution in [3.05, 3.63) is 83.1 Å². The molecule has 2 aromatic heterocycles. The summed E-state index contributed by atoms with van der Waals surface area (Å²) in [6.45, 7) is 4.64. The van der Waals surface area contributed by atoms with Gasteiger partial charge in [0.15, 0.2) is 11.5 Å². The molecule has 0 radical (unpaired) electrons. The second-order valence-corrected chi connectivity index (χ2v) is 11.3. The topological polar surface area (TPSA) is 144 Å². The van der Waals surface area contributed by atoms with Gasteiger partial charge in [-0.25, -0.2) is 14.8 Å². The Morgan fingerprint density at radius 3 is 2.48 bits per heavy atom. The van der Waals surface area contributed by atoms with Crippen LogP contribution in [0.25, 0.3) is 16.9 Å². The fourth-order valence-corrected chi connectivity index (χ4v) is 5.36. The molecule has 6 rings (SSSR count). The minimum Gasteiger partial charge on any atom is -0.457 e. The monoisotopic (exact) mass is 564 g/mol. The van der Waals surface area contributed by atoms with Crippen LogP contribution in [-0.4, -0.2) is 54.1 Å². The van der Waals surface area contributed by atoms with Gasteiger partial charge in [-0.15, -0.1) is 0 Å². The van der Waals surface area contributed by atoms with E-state index in [2.05, 4.69) is 21.4 Å². The molecule has 1 saturated heterocycles. The van der Waals surface area contributed by atoms with Crippen molar-refractivity contribution in [3.63, 3.8) is 0 Å². The number of nitrogen functional groups attached to an aromatic ring is 1. The molecular formula is C31H32N8O3. The summed E-state index contributed by atoms with van der Waals surface area (Å²) in [5.74, 6) is 1.15. The summed E-state index contributed by atoms with van der Waals surface area (Å²) in [6, 6.07) is 18.8. The largest absolute Gasteiger partial charge is 0.457 e. The number of nitrogens with zero attached hydrogens (tertiary/aromatic N) is 6. The first kappa shape index (κ1) is 27.2. The van der Waals surface area contributed by atoms with Crippen molar-refractivity contribution >= 4 is 22.9 Å². The molecule has 0 spiro atoms. The summed E-state index contributed by atoms with van der Waals surface area (Å²) in [5.41, 5.74) is 6.86. The van der Waals surface area contributed by atoms with Gasteiger partial charge in [-0.1, -0.05) is 18.2 Å². The number of fused-ring (bicyclic) bond motifs is 1. The highest BCUT2D eigenvalue weighted by Gasteiger charge is 2.37. The molecule has 3 heterocycles. The second kappa shape index (κ2) is 10.8. The molecular weight excluding hydrogens is 532 g/mol. The molecule has 2 aromatic carbocycles. The summed E-state index contributed by atoms with van der Waals surface area (Å²) in [7, 11) is 0. The molecule has 214 valence electrons. The van der Waals surface area contributed by atoms with Gasteiger partial charge in [0.1, 0.15) is 35.0 Å². The van der Waals surface area contributed by atoms with Crippen LogP contribution < -0.4 is 21.5 Å². The van der Waals surface area contributed by atoms with Crippen molar-refractivity contribution in [1.29, 1.82) is 5.26 Å². The number of hydrogen-bond acceptors (Lipinski definition) is 8. The van der Waals surface area contributed by atoms with Gasteiger partial charge >= 0.3 is 5.69 Å². The lowest BCUT2D eigenvalue weighted by molar-refractivity contribution is -0.134. The summed E-state index contributed by atoms with van der Waals surface area (Å²) >= 11 is 0. The first-order chi connectivity index (χ1) is 20.2. The van der Waals surface area contributed by atoms with Crippen LogP contribution in [-0.2, 0) is 11.3 Å². The van der Waals surface area contributed by atoms with Crippen molar-refractivity contribution < 1.29 is 9.53 Å². The summed E-state index contributed by atoms with van der Waals surface area (Å²) in [6.07, 6.45) is 5.93. The van der Waals surface area contributed by atoms with Crippen molar-refractivity contribution in [2.45, 2.75) is 57.3 Å². The quantitative estimate of drug-likeness (QED) is 0.232. The fourth-order valence-electron chi connectivity index (χ4n) is 5.36. The van der Waals surface area contributed by atoms with Gasteiger partial charge in [0.25, 0.3) is 5.91 Å². The number of imidazole rings is 1. The van der Waals surface area contributed by atoms with Crippen LogP contribution in [0.1, 0.15) is 33.1 Å². The predicted octanol–water partition coefficient (Wildman–Crippen LogP) is 3.54. The van der Waals surface area contributed by atoms with E-state index in [9.17, 15) is 14.9 Å². The zero-order chi connectivity index (χ0) is 29.4. The molecule has 42 heavy (non-hydrogen) atoms. The molecule has 1 saturated carbocycles. The van der Waals surface area contributed by atoms with Crippen LogP contribution in [0.15, 0.2) is 77.4 Å². The highest BCUT2D eigenvalue weighted by atomic mass is 16.5. The first-order valence-electron chi connectivity index (χ1n) is 14.0. The van der Waals surface area contributed by atoms with E-state index in [0.29, 0.717) is 47.4 Å². The highest BCUT2D eigenvalue weighted by Crippen LogP contribution is 2.28. The van der Waals surface area contributed by atoms with E-state index in [4.69, 9.17) is 10.5 Å². The molecule has 1 aliphatic heterocycles. The Kier molecular flexibility index (Phi) is 7.00. The van der Waals surface area contributed by atoms with E-state index >= 15 is 0 Å². The maximum atomic E-state index is 13.9. The van der Waals surface area contributed by atoms with E-state index in [1.807, 2.05) is 44.2 Å². The van der Waals surface area contributed by atoms with Gasteiger partial charge in [-0.2, -0.15) is 5.26 Å². The lowest BCUT2D eigenvalue weighted by atomic mass is 9.97. The zero-order valence-corrected chi connectivity index (χ0v) is 23.5. The number of para-hydroxylation sites is 1. The molecule has 1 aliphatic carbocycles. The van der Waals surface area contributed by atoms with Gasteiger partial charge in [-0.3, -0.25) is 13.9 Å². The molecule has 2 fully saturated rings. The van der Waals surface area contributed by atoms with Crippen molar-refractivity contribution in [2.24, 2.45) is 0 Å². The average molecular weight is 565 g/mol. The molecule has 11 heteroatoms. The van der Waals surface area contributed by atoms with Crippen LogP contribution in [0, 0.1) is 11.3 Å². The number of ether oxygens (including phenoxy) is 1. The minimum atomic E-state index is -0.483. The Balaban J connectivity index is 1.27. The van der Waals surface area contributed by atoms with E-state index in [0.717, 1.165) is 12.8 Å². The van der Waals surface area contributed by atoms with Crippen LogP contribution in [0.5, 0.6) is 11.5 Å².